The van der Waals surface area contributed by atoms with Crippen LogP contribution in [0.15, 0.2) is 0 Å². The van der Waals surface area contributed by atoms with Gasteiger partial charge in [0.1, 0.15) is 0 Å². The van der Waals surface area contributed by atoms with E-state index >= 15 is 0 Å². The summed E-state index contributed by atoms with van der Waals surface area (Å²) < 4.78 is 0. The zero-order valence-corrected chi connectivity index (χ0v) is 17.1. The van der Waals surface area contributed by atoms with E-state index in [1.165, 1.54) is 96.3 Å². The second kappa shape index (κ2) is 22.0. The summed E-state index contributed by atoms with van der Waals surface area (Å²) in [6.45, 7) is 3.01. The molecule has 0 saturated carbocycles. The van der Waals surface area contributed by atoms with Crippen LogP contribution < -0.4 is 5.73 Å². The molecule has 0 amide bonds. The SMILES string of the molecule is CCCCCCCCCCCCCCCCCC[N-]C(=N)N.[Ti]. The molecule has 0 radical (unpaired) electrons. The van der Waals surface area contributed by atoms with Gasteiger partial charge in [0.15, 0.2) is 0 Å². The third kappa shape index (κ3) is 24.4. The molecule has 0 saturated heterocycles. The van der Waals surface area contributed by atoms with E-state index < -0.39 is 0 Å². The first kappa shape index (κ1) is 25.2. The van der Waals surface area contributed by atoms with Gasteiger partial charge in [-0.15, -0.1) is 0 Å². The quantitative estimate of drug-likeness (QED) is 0.132. The van der Waals surface area contributed by atoms with Crippen LogP contribution in [0.1, 0.15) is 110 Å². The Kier molecular flexibility index (Phi) is 24.1. The van der Waals surface area contributed by atoms with Crippen molar-refractivity contribution in [1.29, 1.82) is 5.41 Å². The van der Waals surface area contributed by atoms with Crippen molar-refractivity contribution in [1.82, 2.24) is 0 Å². The van der Waals surface area contributed by atoms with Crippen LogP contribution in [0, 0.1) is 5.41 Å². The molecule has 0 spiro atoms. The Balaban J connectivity index is 0. The fourth-order valence-electron chi connectivity index (χ4n) is 2.86. The van der Waals surface area contributed by atoms with Gasteiger partial charge in [0.2, 0.25) is 0 Å². The first-order valence-corrected chi connectivity index (χ1v) is 9.79. The number of nitrogens with two attached hydrogens (primary N) is 1. The molecule has 3 nitrogen and oxygen atoms in total. The van der Waals surface area contributed by atoms with E-state index in [9.17, 15) is 0 Å². The van der Waals surface area contributed by atoms with Crippen molar-refractivity contribution in [3.8, 4) is 0 Å². The molecule has 0 atom stereocenters. The molecule has 4 heteroatoms. The zero-order valence-electron chi connectivity index (χ0n) is 15.5. The molecule has 0 aliphatic heterocycles. The molecule has 0 fully saturated rings. The van der Waals surface area contributed by atoms with Gasteiger partial charge in [0.05, 0.1) is 0 Å². The summed E-state index contributed by atoms with van der Waals surface area (Å²) in [5, 5.41) is 10.9. The minimum absolute atomic E-state index is 0. The monoisotopic (exact) mass is 358 g/mol. The van der Waals surface area contributed by atoms with Crippen molar-refractivity contribution >= 4 is 5.96 Å². The van der Waals surface area contributed by atoms with Gasteiger partial charge in [-0.25, -0.2) is 0 Å². The summed E-state index contributed by atoms with van der Waals surface area (Å²) in [6.07, 6.45) is 22.1. The molecular weight excluding hydrogens is 318 g/mol. The summed E-state index contributed by atoms with van der Waals surface area (Å²) in [4.78, 5) is 0. The van der Waals surface area contributed by atoms with E-state index in [1.807, 2.05) is 0 Å². The fourth-order valence-corrected chi connectivity index (χ4v) is 2.86. The average molecular weight is 358 g/mol. The summed E-state index contributed by atoms with van der Waals surface area (Å²) in [6, 6.07) is 0. The molecule has 0 bridgehead atoms. The van der Waals surface area contributed by atoms with Crippen LogP contribution >= 0.6 is 0 Å². The van der Waals surface area contributed by atoms with Crippen LogP contribution in [-0.4, -0.2) is 12.5 Å². The molecule has 0 rings (SSSR count). The average Bonchev–Trinajstić information content (AvgIpc) is 2.50. The minimum atomic E-state index is -0.0269. The van der Waals surface area contributed by atoms with Gasteiger partial charge >= 0.3 is 0 Å². The molecule has 0 unspecified atom stereocenters. The third-order valence-corrected chi connectivity index (χ3v) is 4.29. The Morgan fingerprint density at radius 3 is 1.26 bits per heavy atom. The number of hydrogen-bond donors (Lipinski definition) is 2. The van der Waals surface area contributed by atoms with Gasteiger partial charge < -0.3 is 16.5 Å². The Hall–Kier alpha value is -0.0157. The number of nitrogens with one attached hydrogen (secondary N) is 1. The standard InChI is InChI=1S/C19H40N3.Ti/c1-2-3-4-5-6-7-8-9-10-11-12-13-14-15-16-17-18-22-19(20)21;/h2-18H2,1H3,(H3-,20,21,22);/q-1;. The molecule has 136 valence electrons. The van der Waals surface area contributed by atoms with Crippen LogP contribution in [0.4, 0.5) is 0 Å². The summed E-state index contributed by atoms with van der Waals surface area (Å²) in [5.74, 6) is -0.0269. The van der Waals surface area contributed by atoms with Crippen molar-refractivity contribution in [2.24, 2.45) is 5.73 Å². The van der Waals surface area contributed by atoms with Crippen LogP contribution in [0.5, 0.6) is 0 Å². The zero-order chi connectivity index (χ0) is 16.3. The van der Waals surface area contributed by atoms with Crippen LogP contribution in [0.25, 0.3) is 5.32 Å². The van der Waals surface area contributed by atoms with E-state index in [4.69, 9.17) is 11.1 Å². The van der Waals surface area contributed by atoms with Gasteiger partial charge in [-0.1, -0.05) is 103 Å². The molecule has 3 N–H and O–H groups in total. The number of unbranched alkanes of at least 4 members (excludes halogenated alkanes) is 15. The minimum Gasteiger partial charge on any atom is -0.454 e. The summed E-state index contributed by atoms with van der Waals surface area (Å²) in [5.41, 5.74) is 5.18. The fraction of sp³-hybridized carbons (Fsp3) is 0.947. The van der Waals surface area contributed by atoms with Gasteiger partial charge in [0.25, 0.3) is 0 Å². The number of rotatable bonds is 17. The van der Waals surface area contributed by atoms with Gasteiger partial charge in [-0.3, -0.25) is 0 Å². The summed E-state index contributed by atoms with van der Waals surface area (Å²) in [7, 11) is 0. The van der Waals surface area contributed by atoms with Gasteiger partial charge in [-0.05, 0) is 18.9 Å². The third-order valence-electron chi connectivity index (χ3n) is 4.29. The molecule has 0 aromatic heterocycles. The van der Waals surface area contributed by atoms with E-state index in [1.54, 1.807) is 0 Å². The molecule has 0 aromatic rings. The molecular formula is C19H40N3Ti-. The summed E-state index contributed by atoms with van der Waals surface area (Å²) >= 11 is 0. The Morgan fingerprint density at radius 2 is 0.957 bits per heavy atom. The first-order valence-electron chi connectivity index (χ1n) is 9.79. The predicted octanol–water partition coefficient (Wildman–Crippen LogP) is 6.51. The smallest absolute Gasteiger partial charge is 0 e. The van der Waals surface area contributed by atoms with E-state index in [2.05, 4.69) is 12.2 Å². The Bertz CT molecular complexity index is 235. The molecule has 0 aromatic carbocycles. The maximum Gasteiger partial charge on any atom is 0 e. The second-order valence-electron chi connectivity index (χ2n) is 6.57. The van der Waals surface area contributed by atoms with Crippen molar-refractivity contribution < 1.29 is 21.7 Å². The maximum atomic E-state index is 7.00. The van der Waals surface area contributed by atoms with Gasteiger partial charge in [0, 0.05) is 21.7 Å². The van der Waals surface area contributed by atoms with Crippen LogP contribution in [0.3, 0.4) is 0 Å². The number of guanidine groups is 1. The topological polar surface area (TPSA) is 64.0 Å². The van der Waals surface area contributed by atoms with Crippen molar-refractivity contribution in [2.75, 3.05) is 6.54 Å². The molecule has 0 aliphatic rings. The second-order valence-corrected chi connectivity index (χ2v) is 6.57. The van der Waals surface area contributed by atoms with Crippen molar-refractivity contribution in [3.63, 3.8) is 0 Å². The van der Waals surface area contributed by atoms with Crippen LogP contribution in [0.2, 0.25) is 0 Å². The Labute approximate surface area is 160 Å². The molecule has 0 heterocycles. The van der Waals surface area contributed by atoms with E-state index in [0.29, 0.717) is 0 Å². The normalized spacial score (nSPS) is 10.3. The molecule has 0 aliphatic carbocycles. The van der Waals surface area contributed by atoms with Gasteiger partial charge in [-0.2, -0.15) is 0 Å². The molecule has 23 heavy (non-hydrogen) atoms. The number of hydrogen-bond acceptors (Lipinski definition) is 1. The predicted molar refractivity (Wildman–Crippen MR) is 99.7 cm³/mol. The van der Waals surface area contributed by atoms with E-state index in [0.717, 1.165) is 13.0 Å². The van der Waals surface area contributed by atoms with Crippen molar-refractivity contribution in [2.45, 2.75) is 110 Å². The van der Waals surface area contributed by atoms with E-state index in [-0.39, 0.29) is 27.7 Å². The first-order chi connectivity index (χ1) is 10.8. The van der Waals surface area contributed by atoms with Crippen LogP contribution in [-0.2, 0) is 21.7 Å². The maximum absolute atomic E-state index is 7.00. The largest absolute Gasteiger partial charge is 0.454 e. The van der Waals surface area contributed by atoms with Crippen molar-refractivity contribution in [3.05, 3.63) is 5.32 Å². The number of nitrogens with zero attached hydrogens (tertiary/aromatic N) is 1. The Morgan fingerprint density at radius 1 is 0.652 bits per heavy atom.